The molecular weight excluding hydrogens is 480 g/mol. The normalized spacial score (nSPS) is 20.0. The van der Waals surface area contributed by atoms with Crippen LogP contribution in [0.2, 0.25) is 0 Å². The Balaban J connectivity index is 1.74. The molecule has 0 aromatic heterocycles. The lowest BCUT2D eigenvalue weighted by molar-refractivity contribution is -0.384. The highest BCUT2D eigenvalue weighted by Gasteiger charge is 2.37. The van der Waals surface area contributed by atoms with Gasteiger partial charge in [-0.2, -0.15) is 0 Å². The van der Waals surface area contributed by atoms with Crippen molar-refractivity contribution in [3.63, 3.8) is 0 Å². The highest BCUT2D eigenvalue weighted by molar-refractivity contribution is 8.18. The quantitative estimate of drug-likeness (QED) is 0.232. The van der Waals surface area contributed by atoms with Crippen LogP contribution in [0.5, 0.6) is 0 Å². The maximum Gasteiger partial charge on any atom is 0.326 e. The van der Waals surface area contributed by atoms with E-state index in [4.69, 9.17) is 14.2 Å². The summed E-state index contributed by atoms with van der Waals surface area (Å²) in [5.41, 5.74) is 1.53. The third kappa shape index (κ3) is 5.57. The Morgan fingerprint density at radius 2 is 1.69 bits per heavy atom. The molecule has 0 bridgehead atoms. The molecule has 3 aliphatic heterocycles. The smallest absolute Gasteiger partial charge is 0.326 e. The fraction of sp³-hybridized carbons (Fsp3) is 0.500. The lowest BCUT2D eigenvalue weighted by Crippen LogP contribution is -2.38. The Morgan fingerprint density at radius 1 is 1.09 bits per heavy atom. The number of hydrogen-bond acceptors (Lipinski definition) is 11. The highest BCUT2D eigenvalue weighted by Crippen LogP contribution is 2.40. The fourth-order valence-corrected chi connectivity index (χ4v) is 4.92. The molecule has 0 radical (unpaired) electrons. The molecule has 188 valence electrons. The fourth-order valence-electron chi connectivity index (χ4n) is 4.09. The summed E-state index contributed by atoms with van der Waals surface area (Å²) >= 11 is 0.689. The van der Waals surface area contributed by atoms with Crippen LogP contribution in [-0.4, -0.2) is 92.7 Å². The highest BCUT2D eigenvalue weighted by atomic mass is 32.2. The molecule has 0 atom stereocenters. The number of carbonyl (C=O) groups excluding carboxylic acids is 3. The summed E-state index contributed by atoms with van der Waals surface area (Å²) in [5.74, 6) is -1.32. The van der Waals surface area contributed by atoms with E-state index in [0.717, 1.165) is 4.90 Å². The van der Waals surface area contributed by atoms with Crippen molar-refractivity contribution in [1.82, 2.24) is 4.90 Å². The zero-order valence-corrected chi connectivity index (χ0v) is 20.1. The summed E-state index contributed by atoms with van der Waals surface area (Å²) in [6.45, 7) is 5.42. The van der Waals surface area contributed by atoms with Gasteiger partial charge >= 0.3 is 5.97 Å². The first-order chi connectivity index (χ1) is 16.9. The Morgan fingerprint density at radius 3 is 2.26 bits per heavy atom. The lowest BCUT2D eigenvalue weighted by Gasteiger charge is -2.33. The number of thioether (sulfide) groups is 1. The van der Waals surface area contributed by atoms with E-state index in [1.54, 1.807) is 13.0 Å². The van der Waals surface area contributed by atoms with E-state index in [-0.39, 0.29) is 17.2 Å². The minimum atomic E-state index is -0.685. The monoisotopic (exact) mass is 506 g/mol. The van der Waals surface area contributed by atoms with Gasteiger partial charge in [-0.1, -0.05) is 0 Å². The van der Waals surface area contributed by atoms with Crippen LogP contribution in [0.4, 0.5) is 21.9 Å². The first kappa shape index (κ1) is 24.9. The minimum absolute atomic E-state index is 0.0854. The molecule has 1 aromatic rings. The van der Waals surface area contributed by atoms with Crippen LogP contribution >= 0.6 is 11.8 Å². The molecule has 13 heteroatoms. The zero-order chi connectivity index (χ0) is 24.9. The zero-order valence-electron chi connectivity index (χ0n) is 19.3. The van der Waals surface area contributed by atoms with Gasteiger partial charge in [-0.05, 0) is 30.8 Å². The van der Waals surface area contributed by atoms with E-state index in [2.05, 4.69) is 0 Å². The van der Waals surface area contributed by atoms with E-state index in [9.17, 15) is 24.5 Å². The van der Waals surface area contributed by atoms with Crippen molar-refractivity contribution in [2.75, 3.05) is 75.6 Å². The average molecular weight is 507 g/mol. The topological polar surface area (TPSA) is 132 Å². The number of rotatable bonds is 7. The first-order valence-corrected chi connectivity index (χ1v) is 12.1. The number of benzene rings is 1. The summed E-state index contributed by atoms with van der Waals surface area (Å²) in [7, 11) is 0. The van der Waals surface area contributed by atoms with Crippen molar-refractivity contribution >= 4 is 52.0 Å². The van der Waals surface area contributed by atoms with Gasteiger partial charge in [-0.3, -0.25) is 29.4 Å². The SMILES string of the molecule is CCOC(=O)CN1C(=O)S/C(=C\c2cc([N+](=O)[O-])c(N3CCOCC3)cc2N2CCOCC2)C1=O. The summed E-state index contributed by atoms with van der Waals surface area (Å²) in [4.78, 5) is 53.6. The van der Waals surface area contributed by atoms with E-state index in [1.807, 2.05) is 9.80 Å². The van der Waals surface area contributed by atoms with Gasteiger partial charge in [-0.15, -0.1) is 0 Å². The molecule has 3 heterocycles. The Kier molecular flexibility index (Phi) is 7.88. The van der Waals surface area contributed by atoms with Crippen LogP contribution in [0.25, 0.3) is 6.08 Å². The van der Waals surface area contributed by atoms with Crippen molar-refractivity contribution in [2.45, 2.75) is 6.92 Å². The summed E-state index contributed by atoms with van der Waals surface area (Å²) in [6.07, 6.45) is 1.48. The number of nitro benzene ring substituents is 1. The Bertz CT molecular complexity index is 1050. The second-order valence-electron chi connectivity index (χ2n) is 7.93. The molecule has 0 aliphatic carbocycles. The number of esters is 1. The lowest BCUT2D eigenvalue weighted by atomic mass is 10.1. The molecule has 4 rings (SSSR count). The van der Waals surface area contributed by atoms with Crippen molar-refractivity contribution in [3.8, 4) is 0 Å². The largest absolute Gasteiger partial charge is 0.465 e. The number of morpholine rings is 2. The summed E-state index contributed by atoms with van der Waals surface area (Å²) < 4.78 is 15.7. The maximum absolute atomic E-state index is 12.9. The van der Waals surface area contributed by atoms with Gasteiger partial charge in [0.2, 0.25) is 0 Å². The van der Waals surface area contributed by atoms with Crippen molar-refractivity contribution in [1.29, 1.82) is 0 Å². The third-order valence-corrected chi connectivity index (χ3v) is 6.68. The number of nitro groups is 1. The van der Waals surface area contributed by atoms with Crippen LogP contribution < -0.4 is 9.80 Å². The van der Waals surface area contributed by atoms with Gasteiger partial charge < -0.3 is 24.0 Å². The van der Waals surface area contributed by atoms with Gasteiger partial charge in [0.15, 0.2) is 0 Å². The second kappa shape index (κ2) is 11.1. The Hall–Kier alpha value is -3.16. The molecule has 0 unspecified atom stereocenters. The molecule has 0 N–H and O–H groups in total. The Labute approximate surface area is 205 Å². The van der Waals surface area contributed by atoms with Crippen molar-refractivity contribution in [2.24, 2.45) is 0 Å². The molecule has 3 saturated heterocycles. The van der Waals surface area contributed by atoms with Crippen LogP contribution in [0, 0.1) is 10.1 Å². The predicted molar refractivity (Wildman–Crippen MR) is 128 cm³/mol. The molecule has 3 aliphatic rings. The number of imide groups is 1. The van der Waals surface area contributed by atoms with Crippen LogP contribution in [0.15, 0.2) is 17.0 Å². The number of anilines is 2. The van der Waals surface area contributed by atoms with E-state index in [1.165, 1.54) is 12.1 Å². The van der Waals surface area contributed by atoms with Gasteiger partial charge in [0, 0.05) is 43.5 Å². The minimum Gasteiger partial charge on any atom is -0.465 e. The van der Waals surface area contributed by atoms with Crippen molar-refractivity contribution in [3.05, 3.63) is 32.7 Å². The van der Waals surface area contributed by atoms with E-state index in [0.29, 0.717) is 81.3 Å². The van der Waals surface area contributed by atoms with Crippen LogP contribution in [0.1, 0.15) is 12.5 Å². The van der Waals surface area contributed by atoms with Crippen molar-refractivity contribution < 1.29 is 33.5 Å². The standard InChI is InChI=1S/C22H26N4O8S/c1-2-34-20(27)14-25-21(28)19(35-22(25)29)12-15-11-18(26(30)31)17(24-5-9-33-10-6-24)13-16(15)23-3-7-32-8-4-23/h11-13H,2-10,14H2,1H3/b19-12-. The second-order valence-corrected chi connectivity index (χ2v) is 8.92. The van der Waals surface area contributed by atoms with Gasteiger partial charge in [-0.25, -0.2) is 0 Å². The van der Waals surface area contributed by atoms with E-state index < -0.39 is 28.6 Å². The molecule has 2 amide bonds. The molecule has 1 aromatic carbocycles. The van der Waals surface area contributed by atoms with Gasteiger partial charge in [0.1, 0.15) is 12.2 Å². The summed E-state index contributed by atoms with van der Waals surface area (Å²) in [5, 5.41) is 11.4. The predicted octanol–water partition coefficient (Wildman–Crippen LogP) is 1.87. The van der Waals surface area contributed by atoms with Crippen LogP contribution in [-0.2, 0) is 23.8 Å². The van der Waals surface area contributed by atoms with Crippen LogP contribution in [0.3, 0.4) is 0 Å². The number of ether oxygens (including phenoxy) is 3. The molecule has 3 fully saturated rings. The molecule has 12 nitrogen and oxygen atoms in total. The summed E-state index contributed by atoms with van der Waals surface area (Å²) in [6, 6.07) is 3.21. The van der Waals surface area contributed by atoms with Gasteiger partial charge in [0.25, 0.3) is 16.8 Å². The first-order valence-electron chi connectivity index (χ1n) is 11.3. The number of carbonyl (C=O) groups is 3. The number of amides is 2. The number of nitrogens with zero attached hydrogens (tertiary/aromatic N) is 4. The average Bonchev–Trinajstić information content (AvgIpc) is 3.12. The number of hydrogen-bond donors (Lipinski definition) is 0. The third-order valence-electron chi connectivity index (χ3n) is 5.78. The molecule has 0 saturated carbocycles. The maximum atomic E-state index is 12.9. The molecule has 35 heavy (non-hydrogen) atoms. The molecular formula is C22H26N4O8S. The van der Waals surface area contributed by atoms with E-state index >= 15 is 0 Å². The van der Waals surface area contributed by atoms with Gasteiger partial charge in [0.05, 0.1) is 42.9 Å². The molecule has 0 spiro atoms.